The van der Waals surface area contributed by atoms with E-state index in [0.29, 0.717) is 0 Å². The fraction of sp³-hybridized carbons (Fsp3) is 0.400. The highest BCUT2D eigenvalue weighted by molar-refractivity contribution is 5.44. The van der Waals surface area contributed by atoms with Crippen LogP contribution in [0.15, 0.2) is 33.8 Å². The van der Waals surface area contributed by atoms with E-state index in [1.807, 2.05) is 13.0 Å². The van der Waals surface area contributed by atoms with Crippen LogP contribution < -0.4 is 0 Å². The zero-order chi connectivity index (χ0) is 10.6. The molecule has 1 aliphatic carbocycles. The highest BCUT2D eigenvalue weighted by atomic mass is 16.1. The molecular weight excluding hydrogens is 180 g/mol. The van der Waals surface area contributed by atoms with Crippen molar-refractivity contribution >= 4 is 12.2 Å². The highest BCUT2D eigenvalue weighted by Gasteiger charge is 2.34. The van der Waals surface area contributed by atoms with Gasteiger partial charge in [-0.05, 0) is 19.4 Å². The highest BCUT2D eigenvalue weighted by Crippen LogP contribution is 2.28. The van der Waals surface area contributed by atoms with Crippen molar-refractivity contribution < 1.29 is 9.59 Å². The molecule has 0 heterocycles. The zero-order valence-corrected chi connectivity index (χ0v) is 8.02. The van der Waals surface area contributed by atoms with Crippen LogP contribution in [0.3, 0.4) is 0 Å². The molecule has 4 nitrogen and oxygen atoms in total. The Morgan fingerprint density at radius 1 is 1.43 bits per heavy atom. The summed E-state index contributed by atoms with van der Waals surface area (Å²) in [5.74, 6) is 0. The van der Waals surface area contributed by atoms with E-state index >= 15 is 0 Å². The Balaban J connectivity index is 3.18. The molecule has 0 radical (unpaired) electrons. The number of hydrogen-bond acceptors (Lipinski definition) is 4. The molecule has 1 rings (SSSR count). The predicted molar refractivity (Wildman–Crippen MR) is 51.3 cm³/mol. The molecule has 0 amide bonds. The van der Waals surface area contributed by atoms with Gasteiger partial charge in [-0.1, -0.05) is 18.2 Å². The number of allylic oxidation sites excluding steroid dienone is 2. The quantitative estimate of drug-likeness (QED) is 0.486. The van der Waals surface area contributed by atoms with Gasteiger partial charge in [-0.2, -0.15) is 9.98 Å². The molecule has 0 spiro atoms. The van der Waals surface area contributed by atoms with Gasteiger partial charge in [0.05, 0.1) is 0 Å². The molecule has 0 aliphatic heterocycles. The second-order valence-electron chi connectivity index (χ2n) is 3.32. The third kappa shape index (κ3) is 1.77. The molecule has 1 aliphatic rings. The summed E-state index contributed by atoms with van der Waals surface area (Å²) in [6.07, 6.45) is 8.32. The van der Waals surface area contributed by atoms with E-state index in [-0.39, 0.29) is 0 Å². The van der Waals surface area contributed by atoms with Gasteiger partial charge in [0.2, 0.25) is 12.2 Å². The molecule has 0 aromatic carbocycles. The molecule has 0 bridgehead atoms. The number of carbonyl (C=O) groups excluding carboxylic acids is 2. The van der Waals surface area contributed by atoms with E-state index in [0.717, 1.165) is 5.57 Å². The summed E-state index contributed by atoms with van der Waals surface area (Å²) in [7, 11) is 0. The maximum atomic E-state index is 10.2. The van der Waals surface area contributed by atoms with Crippen molar-refractivity contribution in [1.82, 2.24) is 0 Å². The first-order valence-corrected chi connectivity index (χ1v) is 4.16. The molecular formula is C10H10N2O2. The van der Waals surface area contributed by atoms with Crippen molar-refractivity contribution in [2.75, 3.05) is 0 Å². The summed E-state index contributed by atoms with van der Waals surface area (Å²) in [5, 5.41) is 0. The van der Waals surface area contributed by atoms with Crippen LogP contribution in [0.2, 0.25) is 0 Å². The first-order valence-electron chi connectivity index (χ1n) is 4.16. The van der Waals surface area contributed by atoms with Crippen molar-refractivity contribution in [1.29, 1.82) is 0 Å². The molecule has 0 saturated heterocycles. The van der Waals surface area contributed by atoms with E-state index in [1.54, 1.807) is 19.1 Å². The average Bonchev–Trinajstić information content (AvgIpc) is 2.12. The maximum Gasteiger partial charge on any atom is 0.235 e. The molecule has 0 fully saturated rings. The van der Waals surface area contributed by atoms with Gasteiger partial charge in [-0.25, -0.2) is 9.59 Å². The van der Waals surface area contributed by atoms with E-state index in [2.05, 4.69) is 9.98 Å². The summed E-state index contributed by atoms with van der Waals surface area (Å²) in [4.78, 5) is 27.8. The lowest BCUT2D eigenvalue weighted by Gasteiger charge is -2.28. The number of hydrogen-bond donors (Lipinski definition) is 0. The van der Waals surface area contributed by atoms with Crippen molar-refractivity contribution in [3.05, 3.63) is 23.8 Å². The van der Waals surface area contributed by atoms with Crippen LogP contribution in [0, 0.1) is 0 Å². The summed E-state index contributed by atoms with van der Waals surface area (Å²) >= 11 is 0. The fourth-order valence-corrected chi connectivity index (χ4v) is 1.52. The van der Waals surface area contributed by atoms with Gasteiger partial charge in [0.15, 0.2) is 0 Å². The number of aliphatic imine (C=N–C) groups is 2. The van der Waals surface area contributed by atoms with Crippen LogP contribution in [0.4, 0.5) is 0 Å². The predicted octanol–water partition coefficient (Wildman–Crippen LogP) is 1.30. The maximum absolute atomic E-state index is 10.2. The minimum Gasteiger partial charge on any atom is -0.211 e. The zero-order valence-electron chi connectivity index (χ0n) is 8.02. The molecule has 0 aromatic heterocycles. The van der Waals surface area contributed by atoms with Crippen LogP contribution in [-0.2, 0) is 9.59 Å². The average molecular weight is 190 g/mol. The van der Waals surface area contributed by atoms with Gasteiger partial charge in [0, 0.05) is 0 Å². The normalized spacial score (nSPS) is 29.9. The summed E-state index contributed by atoms with van der Waals surface area (Å²) in [6, 6.07) is -0.452. The van der Waals surface area contributed by atoms with Crippen molar-refractivity contribution in [2.45, 2.75) is 25.4 Å². The molecule has 2 unspecified atom stereocenters. The molecule has 0 N–H and O–H groups in total. The smallest absolute Gasteiger partial charge is 0.211 e. The lowest BCUT2D eigenvalue weighted by atomic mass is 9.84. The molecule has 0 aromatic rings. The Bertz CT molecular complexity index is 385. The first-order chi connectivity index (χ1) is 6.64. The second-order valence-corrected chi connectivity index (χ2v) is 3.32. The second kappa shape index (κ2) is 3.97. The van der Waals surface area contributed by atoms with Crippen molar-refractivity contribution in [2.24, 2.45) is 9.98 Å². The Morgan fingerprint density at radius 2 is 2.14 bits per heavy atom. The van der Waals surface area contributed by atoms with Crippen molar-refractivity contribution in [3.8, 4) is 0 Å². The molecule has 72 valence electrons. The van der Waals surface area contributed by atoms with E-state index < -0.39 is 11.6 Å². The molecule has 14 heavy (non-hydrogen) atoms. The SMILES string of the molecule is CC1=CC=CC(C)(N=C=O)C1N=C=O. The molecule has 0 saturated carbocycles. The number of nitrogens with zero attached hydrogens (tertiary/aromatic N) is 2. The van der Waals surface area contributed by atoms with Crippen LogP contribution in [-0.4, -0.2) is 23.7 Å². The monoisotopic (exact) mass is 190 g/mol. The third-order valence-electron chi connectivity index (χ3n) is 2.25. The lowest BCUT2D eigenvalue weighted by molar-refractivity contribution is 0.481. The van der Waals surface area contributed by atoms with Gasteiger partial charge in [-0.15, -0.1) is 0 Å². The van der Waals surface area contributed by atoms with E-state index in [1.165, 1.54) is 12.2 Å². The molecule has 4 heteroatoms. The minimum atomic E-state index is -0.808. The van der Waals surface area contributed by atoms with Gasteiger partial charge in [0.1, 0.15) is 11.6 Å². The summed E-state index contributed by atoms with van der Waals surface area (Å²) < 4.78 is 0. The van der Waals surface area contributed by atoms with Crippen LogP contribution in [0.1, 0.15) is 13.8 Å². The summed E-state index contributed by atoms with van der Waals surface area (Å²) in [6.45, 7) is 3.55. The summed E-state index contributed by atoms with van der Waals surface area (Å²) in [5.41, 5.74) is 0.0650. The van der Waals surface area contributed by atoms with Gasteiger partial charge in [0.25, 0.3) is 0 Å². The fourth-order valence-electron chi connectivity index (χ4n) is 1.52. The van der Waals surface area contributed by atoms with Crippen LogP contribution in [0.25, 0.3) is 0 Å². The Hall–Kier alpha value is -1.76. The minimum absolute atomic E-state index is 0.452. The van der Waals surface area contributed by atoms with Gasteiger partial charge in [-0.3, -0.25) is 0 Å². The standard InChI is InChI=1S/C10H10N2O2/c1-8-4-3-5-10(2,12-7-14)9(8)11-6-13/h3-5,9H,1-2H3. The van der Waals surface area contributed by atoms with E-state index in [4.69, 9.17) is 0 Å². The topological polar surface area (TPSA) is 58.9 Å². The first kappa shape index (κ1) is 10.3. The van der Waals surface area contributed by atoms with Crippen LogP contribution >= 0.6 is 0 Å². The van der Waals surface area contributed by atoms with E-state index in [9.17, 15) is 9.59 Å². The largest absolute Gasteiger partial charge is 0.235 e. The Kier molecular flexibility index (Phi) is 2.92. The lowest BCUT2D eigenvalue weighted by Crippen LogP contribution is -2.36. The molecule has 2 atom stereocenters. The Labute approximate surface area is 81.8 Å². The van der Waals surface area contributed by atoms with Gasteiger partial charge < -0.3 is 0 Å². The number of rotatable bonds is 2. The van der Waals surface area contributed by atoms with Crippen molar-refractivity contribution in [3.63, 3.8) is 0 Å². The van der Waals surface area contributed by atoms with Crippen LogP contribution in [0.5, 0.6) is 0 Å². The van der Waals surface area contributed by atoms with Gasteiger partial charge >= 0.3 is 0 Å². The third-order valence-corrected chi connectivity index (χ3v) is 2.25. The Morgan fingerprint density at radius 3 is 2.71 bits per heavy atom. The number of isocyanates is 2.